The molecule has 0 bridgehead atoms. The average Bonchev–Trinajstić information content (AvgIpc) is 2.74. The van der Waals surface area contributed by atoms with E-state index >= 15 is 0 Å². The molecule has 29 heavy (non-hydrogen) atoms. The maximum atomic E-state index is 10.5. The fourth-order valence-electron chi connectivity index (χ4n) is 3.60. The van der Waals surface area contributed by atoms with Gasteiger partial charge in [0.1, 0.15) is 13.1 Å². The molecular weight excluding hydrogens is 360 g/mol. The van der Waals surface area contributed by atoms with E-state index in [2.05, 4.69) is 65.1 Å². The Kier molecular flexibility index (Phi) is 11.0. The van der Waals surface area contributed by atoms with E-state index in [-0.39, 0.29) is 0 Å². The largest absolute Gasteiger partial charge is 0.481 e. The highest BCUT2D eigenvalue weighted by atomic mass is 16.4. The van der Waals surface area contributed by atoms with Crippen molar-refractivity contribution in [1.82, 2.24) is 0 Å². The van der Waals surface area contributed by atoms with Gasteiger partial charge in [-0.2, -0.15) is 0 Å². The summed E-state index contributed by atoms with van der Waals surface area (Å²) in [4.78, 5) is 10.5. The van der Waals surface area contributed by atoms with Crippen molar-refractivity contribution in [3.05, 3.63) is 49.1 Å². The molecule has 0 unspecified atom stereocenters. The lowest BCUT2D eigenvalue weighted by molar-refractivity contribution is -0.697. The molecule has 4 nitrogen and oxygen atoms in total. The van der Waals surface area contributed by atoms with E-state index in [9.17, 15) is 4.79 Å². The van der Waals surface area contributed by atoms with Crippen molar-refractivity contribution < 1.29 is 19.0 Å². The molecule has 0 spiro atoms. The standard InChI is InChI=1S/C25H37N2O2/c1-2-3-4-7-10-17-26-19-13-23(14-20-26)24-15-21-27(22-16-24)18-11-8-5-6-9-12-25(28)29/h13-16,19-22H,2-12,17-18H2,1H3/q+1/p+1. The third-order valence-electron chi connectivity index (χ3n) is 5.44. The Morgan fingerprint density at radius 2 is 1.10 bits per heavy atom. The molecular formula is C25H38N2O2+2. The summed E-state index contributed by atoms with van der Waals surface area (Å²) in [5.41, 5.74) is 2.52. The molecule has 0 aromatic carbocycles. The predicted molar refractivity (Wildman–Crippen MR) is 116 cm³/mol. The minimum absolute atomic E-state index is 0.300. The summed E-state index contributed by atoms with van der Waals surface area (Å²) in [6, 6.07) is 8.81. The number of nitrogens with zero attached hydrogens (tertiary/aromatic N) is 2. The van der Waals surface area contributed by atoms with Crippen LogP contribution >= 0.6 is 0 Å². The number of pyridine rings is 2. The maximum Gasteiger partial charge on any atom is 0.303 e. The number of carboxylic acid groups (broad SMARTS) is 1. The van der Waals surface area contributed by atoms with Gasteiger partial charge >= 0.3 is 5.97 Å². The minimum atomic E-state index is -0.684. The molecule has 158 valence electrons. The monoisotopic (exact) mass is 398 g/mol. The van der Waals surface area contributed by atoms with Gasteiger partial charge in [0.2, 0.25) is 0 Å². The molecule has 0 fully saturated rings. The molecule has 2 heterocycles. The number of carboxylic acids is 1. The molecule has 2 aromatic rings. The zero-order valence-corrected chi connectivity index (χ0v) is 18.1. The van der Waals surface area contributed by atoms with Crippen molar-refractivity contribution in [2.75, 3.05) is 0 Å². The van der Waals surface area contributed by atoms with Gasteiger partial charge in [0.05, 0.1) is 0 Å². The first-order chi connectivity index (χ1) is 14.2. The van der Waals surface area contributed by atoms with Gasteiger partial charge in [-0.3, -0.25) is 4.79 Å². The third-order valence-corrected chi connectivity index (χ3v) is 5.44. The Balaban J connectivity index is 1.69. The van der Waals surface area contributed by atoms with Crippen LogP contribution in [0.25, 0.3) is 11.1 Å². The van der Waals surface area contributed by atoms with Crippen molar-refractivity contribution in [2.24, 2.45) is 0 Å². The Morgan fingerprint density at radius 1 is 0.690 bits per heavy atom. The van der Waals surface area contributed by atoms with Gasteiger partial charge in [-0.1, -0.05) is 39.0 Å². The minimum Gasteiger partial charge on any atom is -0.481 e. The topological polar surface area (TPSA) is 45.1 Å². The van der Waals surface area contributed by atoms with E-state index in [1.807, 2.05) is 0 Å². The average molecular weight is 399 g/mol. The maximum absolute atomic E-state index is 10.5. The lowest BCUT2D eigenvalue weighted by Gasteiger charge is -2.02. The molecule has 2 rings (SSSR count). The number of aromatic nitrogens is 2. The lowest BCUT2D eigenvalue weighted by atomic mass is 10.1. The van der Waals surface area contributed by atoms with Crippen LogP contribution in [0.4, 0.5) is 0 Å². The second kappa shape index (κ2) is 13.9. The van der Waals surface area contributed by atoms with Crippen LogP contribution in [0.5, 0.6) is 0 Å². The van der Waals surface area contributed by atoms with Crippen molar-refractivity contribution >= 4 is 5.97 Å². The molecule has 0 radical (unpaired) electrons. The molecule has 4 heteroatoms. The summed E-state index contributed by atoms with van der Waals surface area (Å²) < 4.78 is 4.52. The summed E-state index contributed by atoms with van der Waals surface area (Å²) in [5.74, 6) is -0.684. The van der Waals surface area contributed by atoms with Crippen molar-refractivity contribution in [1.29, 1.82) is 0 Å². The summed E-state index contributed by atoms with van der Waals surface area (Å²) in [6.45, 7) is 4.38. The van der Waals surface area contributed by atoms with Gasteiger partial charge in [-0.05, 0) is 30.4 Å². The van der Waals surface area contributed by atoms with Gasteiger partial charge in [-0.15, -0.1) is 0 Å². The number of hydrogen-bond acceptors (Lipinski definition) is 1. The SMILES string of the molecule is CCCCCCC[n+]1ccc(-c2cc[n+](CCCCCCCC(=O)O)cc2)cc1. The van der Waals surface area contributed by atoms with E-state index < -0.39 is 5.97 Å². The molecule has 0 aliphatic heterocycles. The number of aryl methyl sites for hydroxylation is 2. The fraction of sp³-hybridized carbons (Fsp3) is 0.560. The Morgan fingerprint density at radius 3 is 1.55 bits per heavy atom. The second-order valence-corrected chi connectivity index (χ2v) is 7.98. The third kappa shape index (κ3) is 9.69. The molecule has 0 aliphatic carbocycles. The van der Waals surface area contributed by atoms with E-state index in [4.69, 9.17) is 5.11 Å². The van der Waals surface area contributed by atoms with Gasteiger partial charge < -0.3 is 5.11 Å². The van der Waals surface area contributed by atoms with E-state index in [1.54, 1.807) is 0 Å². The highest BCUT2D eigenvalue weighted by molar-refractivity contribution is 5.66. The Bertz CT molecular complexity index is 696. The zero-order chi connectivity index (χ0) is 20.7. The van der Waals surface area contributed by atoms with Crippen molar-refractivity contribution in [2.45, 2.75) is 90.6 Å². The van der Waals surface area contributed by atoms with E-state index in [0.29, 0.717) is 6.42 Å². The molecule has 0 saturated heterocycles. The number of carbonyl (C=O) groups is 1. The van der Waals surface area contributed by atoms with Crippen LogP contribution in [0.15, 0.2) is 49.1 Å². The quantitative estimate of drug-likeness (QED) is 0.326. The molecule has 0 atom stereocenters. The number of unbranched alkanes of at least 4 members (excludes halogenated alkanes) is 8. The highest BCUT2D eigenvalue weighted by Gasteiger charge is 2.06. The first kappa shape index (κ1) is 23.1. The summed E-state index contributed by atoms with van der Waals surface area (Å²) in [5, 5.41) is 8.64. The van der Waals surface area contributed by atoms with Crippen LogP contribution < -0.4 is 9.13 Å². The van der Waals surface area contributed by atoms with Crippen LogP contribution in [0, 0.1) is 0 Å². The van der Waals surface area contributed by atoms with Crippen LogP contribution in [0.2, 0.25) is 0 Å². The van der Waals surface area contributed by atoms with Crippen molar-refractivity contribution in [3.63, 3.8) is 0 Å². The van der Waals surface area contributed by atoms with Crippen LogP contribution in [-0.2, 0) is 17.9 Å². The Hall–Kier alpha value is -2.23. The predicted octanol–water partition coefficient (Wildman–Crippen LogP) is 5.32. The first-order valence-electron chi connectivity index (χ1n) is 11.4. The van der Waals surface area contributed by atoms with Gasteiger partial charge in [0, 0.05) is 43.5 Å². The highest BCUT2D eigenvalue weighted by Crippen LogP contribution is 2.16. The molecule has 0 amide bonds. The Labute approximate surface area is 176 Å². The zero-order valence-electron chi connectivity index (χ0n) is 18.1. The van der Waals surface area contributed by atoms with E-state index in [1.165, 1.54) is 43.2 Å². The molecule has 2 aromatic heterocycles. The van der Waals surface area contributed by atoms with E-state index in [0.717, 1.165) is 45.2 Å². The number of rotatable bonds is 15. The molecule has 1 N–H and O–H groups in total. The van der Waals surface area contributed by atoms with Gasteiger partial charge in [0.25, 0.3) is 0 Å². The number of hydrogen-bond donors (Lipinski definition) is 1. The summed E-state index contributed by atoms with van der Waals surface area (Å²) in [7, 11) is 0. The first-order valence-corrected chi connectivity index (χ1v) is 11.4. The van der Waals surface area contributed by atoms with Crippen molar-refractivity contribution in [3.8, 4) is 11.1 Å². The normalized spacial score (nSPS) is 10.9. The molecule has 0 saturated carbocycles. The number of aliphatic carboxylic acids is 1. The van der Waals surface area contributed by atoms with Crippen LogP contribution in [0.1, 0.15) is 77.6 Å². The van der Waals surface area contributed by atoms with Crippen LogP contribution in [-0.4, -0.2) is 11.1 Å². The summed E-state index contributed by atoms with van der Waals surface area (Å²) in [6.07, 6.45) is 20.8. The molecule has 0 aliphatic rings. The van der Waals surface area contributed by atoms with Crippen LogP contribution in [0.3, 0.4) is 0 Å². The van der Waals surface area contributed by atoms with Gasteiger partial charge in [0.15, 0.2) is 24.8 Å². The second-order valence-electron chi connectivity index (χ2n) is 7.98. The van der Waals surface area contributed by atoms with Gasteiger partial charge in [-0.25, -0.2) is 9.13 Å². The summed E-state index contributed by atoms with van der Waals surface area (Å²) >= 11 is 0. The smallest absolute Gasteiger partial charge is 0.303 e. The fourth-order valence-corrected chi connectivity index (χ4v) is 3.60. The lowest BCUT2D eigenvalue weighted by Crippen LogP contribution is -2.33.